The first kappa shape index (κ1) is 22.7. The number of aromatic nitrogens is 1. The predicted octanol–water partition coefficient (Wildman–Crippen LogP) is 3.07. The van der Waals surface area contributed by atoms with Crippen LogP contribution in [0.25, 0.3) is 5.57 Å². The van der Waals surface area contributed by atoms with Crippen LogP contribution in [0, 0.1) is 0 Å². The van der Waals surface area contributed by atoms with Crippen molar-refractivity contribution in [3.8, 4) is 0 Å². The number of thiazole rings is 1. The Morgan fingerprint density at radius 1 is 1.12 bits per heavy atom. The molecule has 1 aliphatic carbocycles. The average molecular weight is 473 g/mol. The van der Waals surface area contributed by atoms with Gasteiger partial charge in [0.1, 0.15) is 0 Å². The van der Waals surface area contributed by atoms with Crippen LogP contribution in [0.4, 0.5) is 5.13 Å². The summed E-state index contributed by atoms with van der Waals surface area (Å²) in [6.45, 7) is 4.13. The minimum absolute atomic E-state index is 0.0692. The van der Waals surface area contributed by atoms with Crippen LogP contribution < -0.4 is 10.2 Å². The second kappa shape index (κ2) is 9.97. The van der Waals surface area contributed by atoms with E-state index in [4.69, 9.17) is 4.98 Å². The monoisotopic (exact) mass is 472 g/mol. The fourth-order valence-electron chi connectivity index (χ4n) is 3.83. The molecule has 170 valence electrons. The Morgan fingerprint density at radius 3 is 2.53 bits per heavy atom. The first-order chi connectivity index (χ1) is 15.4. The smallest absolute Gasteiger partial charge is 0.243 e. The lowest BCUT2D eigenvalue weighted by Gasteiger charge is -2.33. The molecule has 0 unspecified atom stereocenters. The molecule has 1 aliphatic heterocycles. The molecule has 32 heavy (non-hydrogen) atoms. The van der Waals surface area contributed by atoms with Crippen LogP contribution in [0.2, 0.25) is 0 Å². The van der Waals surface area contributed by atoms with E-state index in [0.717, 1.165) is 29.2 Å². The summed E-state index contributed by atoms with van der Waals surface area (Å²) < 4.78 is 27.7. The van der Waals surface area contributed by atoms with Gasteiger partial charge in [-0.2, -0.15) is 4.31 Å². The summed E-state index contributed by atoms with van der Waals surface area (Å²) in [5.41, 5.74) is 3.15. The molecule has 1 saturated heterocycles. The number of anilines is 1. The Kier molecular flexibility index (Phi) is 7.07. The van der Waals surface area contributed by atoms with Crippen LogP contribution in [0.3, 0.4) is 0 Å². The highest BCUT2D eigenvalue weighted by Crippen LogP contribution is 2.29. The van der Waals surface area contributed by atoms with Crippen LogP contribution in [-0.4, -0.2) is 56.3 Å². The standard InChI is InChI=1S/C23H28N4O3S2/c1-18(28)24-12-11-19-7-9-21(10-8-19)32(29,30)27-15-13-26(14-16-27)23-25-22(17-31-23)20-5-3-2-4-6-20/h3,5-10,17H,2,4,11-16H2,1H3,(H,24,28). The molecule has 1 aromatic carbocycles. The maximum absolute atomic E-state index is 13.1. The number of allylic oxidation sites excluding steroid dienone is 4. The van der Waals surface area contributed by atoms with E-state index in [1.807, 2.05) is 12.1 Å². The summed E-state index contributed by atoms with van der Waals surface area (Å²) in [7, 11) is -3.53. The molecular formula is C23H28N4O3S2. The third-order valence-corrected chi connectivity index (χ3v) is 8.46. The summed E-state index contributed by atoms with van der Waals surface area (Å²) >= 11 is 1.61. The molecule has 2 heterocycles. The van der Waals surface area contributed by atoms with Gasteiger partial charge in [0.15, 0.2) is 5.13 Å². The minimum atomic E-state index is -3.53. The van der Waals surface area contributed by atoms with Gasteiger partial charge in [-0.05, 0) is 42.5 Å². The highest BCUT2D eigenvalue weighted by Gasteiger charge is 2.29. The van der Waals surface area contributed by atoms with Gasteiger partial charge in [0, 0.05) is 45.0 Å². The van der Waals surface area contributed by atoms with Gasteiger partial charge in [-0.3, -0.25) is 4.79 Å². The molecular weight excluding hydrogens is 444 g/mol. The fraction of sp³-hybridized carbons (Fsp3) is 0.391. The lowest BCUT2D eigenvalue weighted by Crippen LogP contribution is -2.48. The zero-order chi connectivity index (χ0) is 22.6. The van der Waals surface area contributed by atoms with Crippen LogP contribution in [0.15, 0.2) is 52.8 Å². The molecule has 2 aromatic rings. The Balaban J connectivity index is 1.35. The van der Waals surface area contributed by atoms with E-state index in [1.54, 1.807) is 27.8 Å². The molecule has 1 amide bonds. The summed E-state index contributed by atoms with van der Waals surface area (Å²) in [4.78, 5) is 18.2. The number of piperazine rings is 1. The molecule has 0 atom stereocenters. The zero-order valence-corrected chi connectivity index (χ0v) is 19.8. The zero-order valence-electron chi connectivity index (χ0n) is 18.2. The normalized spacial score (nSPS) is 17.3. The Hall–Kier alpha value is -2.49. The van der Waals surface area contributed by atoms with Crippen molar-refractivity contribution in [2.45, 2.75) is 31.1 Å². The number of amides is 1. The van der Waals surface area contributed by atoms with Crippen molar-refractivity contribution in [1.29, 1.82) is 0 Å². The van der Waals surface area contributed by atoms with Gasteiger partial charge in [0.05, 0.1) is 10.6 Å². The van der Waals surface area contributed by atoms with Gasteiger partial charge in [-0.15, -0.1) is 11.3 Å². The molecule has 2 aliphatic rings. The van der Waals surface area contributed by atoms with Crippen molar-refractivity contribution >= 4 is 38.0 Å². The SMILES string of the molecule is CC(=O)NCCc1ccc(S(=O)(=O)N2CCN(c3nc(C4=CCCC=C4)cs3)CC2)cc1. The van der Waals surface area contributed by atoms with Gasteiger partial charge < -0.3 is 10.2 Å². The summed E-state index contributed by atoms with van der Waals surface area (Å²) in [6.07, 6.45) is 9.31. The summed E-state index contributed by atoms with van der Waals surface area (Å²) in [5, 5.41) is 5.77. The van der Waals surface area contributed by atoms with E-state index in [9.17, 15) is 13.2 Å². The third-order valence-electron chi connectivity index (χ3n) is 5.64. The number of hydrogen-bond donors (Lipinski definition) is 1. The summed E-state index contributed by atoms with van der Waals surface area (Å²) in [6, 6.07) is 6.94. The minimum Gasteiger partial charge on any atom is -0.356 e. The number of sulfonamides is 1. The first-order valence-electron chi connectivity index (χ1n) is 10.8. The van der Waals surface area contributed by atoms with Gasteiger partial charge in [0.2, 0.25) is 15.9 Å². The highest BCUT2D eigenvalue weighted by molar-refractivity contribution is 7.89. The van der Waals surface area contributed by atoms with Crippen LogP contribution >= 0.6 is 11.3 Å². The van der Waals surface area contributed by atoms with Crippen molar-refractivity contribution in [3.05, 3.63) is 59.1 Å². The van der Waals surface area contributed by atoms with Crippen molar-refractivity contribution in [3.63, 3.8) is 0 Å². The molecule has 0 radical (unpaired) electrons. The summed E-state index contributed by atoms with van der Waals surface area (Å²) in [5.74, 6) is -0.0692. The van der Waals surface area contributed by atoms with Crippen LogP contribution in [0.1, 0.15) is 31.0 Å². The third kappa shape index (κ3) is 5.28. The Bertz CT molecular complexity index is 1110. The molecule has 0 bridgehead atoms. The van der Waals surface area contributed by atoms with E-state index in [2.05, 4.69) is 33.8 Å². The van der Waals surface area contributed by atoms with Gasteiger partial charge in [-0.1, -0.05) is 30.4 Å². The Morgan fingerprint density at radius 2 is 1.88 bits per heavy atom. The number of benzene rings is 1. The van der Waals surface area contributed by atoms with Crippen molar-refractivity contribution in [2.75, 3.05) is 37.6 Å². The highest BCUT2D eigenvalue weighted by atomic mass is 32.2. The molecule has 0 spiro atoms. The van der Waals surface area contributed by atoms with Gasteiger partial charge in [0.25, 0.3) is 0 Å². The molecule has 4 rings (SSSR count). The number of nitrogens with zero attached hydrogens (tertiary/aromatic N) is 3. The number of carbonyl (C=O) groups excluding carboxylic acids is 1. The largest absolute Gasteiger partial charge is 0.356 e. The topological polar surface area (TPSA) is 82.6 Å². The van der Waals surface area contributed by atoms with E-state index in [0.29, 0.717) is 44.0 Å². The van der Waals surface area contributed by atoms with E-state index in [1.165, 1.54) is 12.5 Å². The number of nitrogens with one attached hydrogen (secondary N) is 1. The molecule has 7 nitrogen and oxygen atoms in total. The number of rotatable bonds is 7. The number of hydrogen-bond acceptors (Lipinski definition) is 6. The quantitative estimate of drug-likeness (QED) is 0.670. The van der Waals surface area contributed by atoms with Crippen molar-refractivity contribution < 1.29 is 13.2 Å². The lowest BCUT2D eigenvalue weighted by atomic mass is 10.1. The predicted molar refractivity (Wildman–Crippen MR) is 128 cm³/mol. The maximum Gasteiger partial charge on any atom is 0.243 e. The average Bonchev–Trinajstić information content (AvgIpc) is 3.30. The van der Waals surface area contributed by atoms with Gasteiger partial charge >= 0.3 is 0 Å². The van der Waals surface area contributed by atoms with Crippen LogP contribution in [0.5, 0.6) is 0 Å². The second-order valence-electron chi connectivity index (χ2n) is 7.92. The van der Waals surface area contributed by atoms with E-state index >= 15 is 0 Å². The van der Waals surface area contributed by atoms with E-state index < -0.39 is 10.0 Å². The number of carbonyl (C=O) groups is 1. The molecule has 1 aromatic heterocycles. The molecule has 1 N–H and O–H groups in total. The van der Waals surface area contributed by atoms with Gasteiger partial charge in [-0.25, -0.2) is 13.4 Å². The molecule has 1 fully saturated rings. The first-order valence-corrected chi connectivity index (χ1v) is 13.2. The fourth-order valence-corrected chi connectivity index (χ4v) is 6.14. The van der Waals surface area contributed by atoms with Crippen molar-refractivity contribution in [2.24, 2.45) is 0 Å². The lowest BCUT2D eigenvalue weighted by molar-refractivity contribution is -0.118. The van der Waals surface area contributed by atoms with Crippen molar-refractivity contribution in [1.82, 2.24) is 14.6 Å². The molecule has 9 heteroatoms. The van der Waals surface area contributed by atoms with Crippen LogP contribution in [-0.2, 0) is 21.2 Å². The molecule has 0 saturated carbocycles. The van der Waals surface area contributed by atoms with E-state index in [-0.39, 0.29) is 5.91 Å². The Labute approximate surface area is 193 Å². The maximum atomic E-state index is 13.1. The second-order valence-corrected chi connectivity index (χ2v) is 10.7.